The lowest BCUT2D eigenvalue weighted by Crippen LogP contribution is -2.31. The van der Waals surface area contributed by atoms with Crippen molar-refractivity contribution < 1.29 is 9.90 Å². The lowest BCUT2D eigenvalue weighted by molar-refractivity contribution is 0.0782. The Hall–Kier alpha value is -2.47. The van der Waals surface area contributed by atoms with Crippen molar-refractivity contribution in [3.8, 4) is 18.1 Å². The normalized spacial score (nSPS) is 10.1. The summed E-state index contributed by atoms with van der Waals surface area (Å²) in [6.45, 7) is 2.60. The average Bonchev–Trinajstić information content (AvgIpc) is 2.43. The number of nitrogens with zero attached hydrogens (tertiary/aromatic N) is 1. The molecule has 2 aromatic rings. The molecule has 19 heavy (non-hydrogen) atoms. The highest BCUT2D eigenvalue weighted by Crippen LogP contribution is 2.26. The molecule has 0 bridgehead atoms. The molecule has 0 fully saturated rings. The molecule has 0 aromatic heterocycles. The number of terminal acetylenes is 1. The van der Waals surface area contributed by atoms with E-state index in [1.165, 1.54) is 4.90 Å². The second-order valence-corrected chi connectivity index (χ2v) is 4.24. The van der Waals surface area contributed by atoms with Crippen LogP contribution < -0.4 is 0 Å². The molecule has 0 saturated heterocycles. The molecule has 0 aliphatic carbocycles. The Kier molecular flexibility index (Phi) is 3.72. The molecule has 1 amide bonds. The van der Waals surface area contributed by atoms with Crippen LogP contribution in [-0.4, -0.2) is 29.0 Å². The van der Waals surface area contributed by atoms with E-state index in [2.05, 4.69) is 5.92 Å². The molecular formula is C16H15NO2. The van der Waals surface area contributed by atoms with E-state index in [0.29, 0.717) is 6.54 Å². The predicted octanol–water partition coefficient (Wildman–Crippen LogP) is 2.64. The quantitative estimate of drug-likeness (QED) is 0.854. The number of phenolic OH excluding ortho intramolecular Hbond substituents is 1. The van der Waals surface area contributed by atoms with E-state index < -0.39 is 0 Å². The largest absolute Gasteiger partial charge is 0.507 e. The molecule has 3 nitrogen and oxygen atoms in total. The molecule has 2 aromatic carbocycles. The molecule has 0 saturated carbocycles. The summed E-state index contributed by atoms with van der Waals surface area (Å²) in [5.41, 5.74) is 0.288. The maximum Gasteiger partial charge on any atom is 0.258 e. The lowest BCUT2D eigenvalue weighted by Gasteiger charge is -2.18. The van der Waals surface area contributed by atoms with Gasteiger partial charge in [-0.25, -0.2) is 0 Å². The third kappa shape index (κ3) is 2.53. The third-order valence-corrected chi connectivity index (χ3v) is 3.05. The summed E-state index contributed by atoms with van der Waals surface area (Å²) in [4.78, 5) is 13.8. The second kappa shape index (κ2) is 5.45. The van der Waals surface area contributed by atoms with Gasteiger partial charge in [0.1, 0.15) is 5.75 Å². The van der Waals surface area contributed by atoms with Gasteiger partial charge in [-0.1, -0.05) is 30.2 Å². The predicted molar refractivity (Wildman–Crippen MR) is 76.0 cm³/mol. The maximum atomic E-state index is 12.3. The maximum absolute atomic E-state index is 12.3. The Morgan fingerprint density at radius 3 is 2.53 bits per heavy atom. The number of benzene rings is 2. The number of carbonyl (C=O) groups excluding carboxylic acids is 1. The molecule has 1 N–H and O–H groups in total. The Bertz CT molecular complexity index is 655. The number of rotatable bonds is 3. The summed E-state index contributed by atoms with van der Waals surface area (Å²) in [5, 5.41) is 11.8. The van der Waals surface area contributed by atoms with Crippen LogP contribution in [0, 0.1) is 12.3 Å². The smallest absolute Gasteiger partial charge is 0.258 e. The third-order valence-electron chi connectivity index (χ3n) is 3.05. The van der Waals surface area contributed by atoms with Crippen molar-refractivity contribution in [1.82, 2.24) is 4.90 Å². The summed E-state index contributed by atoms with van der Waals surface area (Å²) >= 11 is 0. The number of phenols is 1. The monoisotopic (exact) mass is 253 g/mol. The highest BCUT2D eigenvalue weighted by atomic mass is 16.3. The number of fused-ring (bicyclic) bond motifs is 1. The van der Waals surface area contributed by atoms with Crippen LogP contribution in [0.25, 0.3) is 10.8 Å². The van der Waals surface area contributed by atoms with Crippen LogP contribution in [0.3, 0.4) is 0 Å². The van der Waals surface area contributed by atoms with E-state index >= 15 is 0 Å². The lowest BCUT2D eigenvalue weighted by atomic mass is 10.0. The standard InChI is InChI=1S/C16H15NO2/c1-3-9-17(4-2)16(19)14-10-12-7-5-6-8-13(12)11-15(14)18/h1,5-8,10-11,18H,4,9H2,2H3. The number of hydrogen-bond acceptors (Lipinski definition) is 2. The molecule has 2 rings (SSSR count). The first-order chi connectivity index (χ1) is 9.17. The van der Waals surface area contributed by atoms with E-state index in [4.69, 9.17) is 6.42 Å². The first kappa shape index (κ1) is 13.0. The number of hydrogen-bond donors (Lipinski definition) is 1. The molecule has 0 unspecified atom stereocenters. The molecule has 3 heteroatoms. The van der Waals surface area contributed by atoms with Crippen molar-refractivity contribution in [1.29, 1.82) is 0 Å². The van der Waals surface area contributed by atoms with E-state index in [0.717, 1.165) is 10.8 Å². The zero-order valence-corrected chi connectivity index (χ0v) is 10.8. The average molecular weight is 253 g/mol. The van der Waals surface area contributed by atoms with Gasteiger partial charge < -0.3 is 10.0 Å². The fourth-order valence-corrected chi connectivity index (χ4v) is 2.01. The van der Waals surface area contributed by atoms with Gasteiger partial charge in [-0.15, -0.1) is 6.42 Å². The van der Waals surface area contributed by atoms with Crippen LogP contribution in [0.2, 0.25) is 0 Å². The summed E-state index contributed by atoms with van der Waals surface area (Å²) in [6, 6.07) is 10.9. The Morgan fingerprint density at radius 2 is 1.95 bits per heavy atom. The number of aromatic hydroxyl groups is 1. The van der Waals surface area contributed by atoms with E-state index in [1.807, 2.05) is 31.2 Å². The molecule has 96 valence electrons. The van der Waals surface area contributed by atoms with Gasteiger partial charge in [-0.05, 0) is 29.8 Å². The molecule has 0 aliphatic rings. The molecule has 0 spiro atoms. The SMILES string of the molecule is C#CCN(CC)C(=O)c1cc2ccccc2cc1O. The van der Waals surface area contributed by atoms with Gasteiger partial charge in [0.05, 0.1) is 12.1 Å². The minimum atomic E-state index is -0.247. The minimum Gasteiger partial charge on any atom is -0.507 e. The van der Waals surface area contributed by atoms with Crippen LogP contribution in [0.1, 0.15) is 17.3 Å². The van der Waals surface area contributed by atoms with Crippen molar-refractivity contribution in [2.24, 2.45) is 0 Å². The van der Waals surface area contributed by atoms with Gasteiger partial charge in [-0.2, -0.15) is 0 Å². The Morgan fingerprint density at radius 1 is 1.32 bits per heavy atom. The minimum absolute atomic E-state index is 0.0147. The van der Waals surface area contributed by atoms with Gasteiger partial charge in [-0.3, -0.25) is 4.79 Å². The van der Waals surface area contributed by atoms with Crippen LogP contribution in [0.15, 0.2) is 36.4 Å². The zero-order chi connectivity index (χ0) is 13.8. The summed E-state index contributed by atoms with van der Waals surface area (Å²) in [5.74, 6) is 2.19. The molecular weight excluding hydrogens is 238 g/mol. The molecule has 0 heterocycles. The number of amides is 1. The topological polar surface area (TPSA) is 40.5 Å². The van der Waals surface area contributed by atoms with Gasteiger partial charge in [0.15, 0.2) is 0 Å². The van der Waals surface area contributed by atoms with Crippen molar-refractivity contribution in [3.63, 3.8) is 0 Å². The zero-order valence-electron chi connectivity index (χ0n) is 10.8. The first-order valence-electron chi connectivity index (χ1n) is 6.12. The van der Waals surface area contributed by atoms with Gasteiger partial charge in [0.2, 0.25) is 0 Å². The van der Waals surface area contributed by atoms with E-state index in [9.17, 15) is 9.90 Å². The highest BCUT2D eigenvalue weighted by molar-refractivity contribution is 6.01. The molecule has 0 radical (unpaired) electrons. The summed E-state index contributed by atoms with van der Waals surface area (Å²) in [6.07, 6.45) is 5.24. The second-order valence-electron chi connectivity index (χ2n) is 4.24. The van der Waals surface area contributed by atoms with Gasteiger partial charge >= 0.3 is 0 Å². The van der Waals surface area contributed by atoms with Crippen molar-refractivity contribution in [2.75, 3.05) is 13.1 Å². The van der Waals surface area contributed by atoms with Gasteiger partial charge in [0.25, 0.3) is 5.91 Å². The number of carbonyl (C=O) groups is 1. The van der Waals surface area contributed by atoms with Crippen LogP contribution in [0.5, 0.6) is 5.75 Å². The van der Waals surface area contributed by atoms with Crippen molar-refractivity contribution >= 4 is 16.7 Å². The van der Waals surface area contributed by atoms with Crippen LogP contribution in [0.4, 0.5) is 0 Å². The van der Waals surface area contributed by atoms with Gasteiger partial charge in [0, 0.05) is 6.54 Å². The van der Waals surface area contributed by atoms with Crippen molar-refractivity contribution in [3.05, 3.63) is 42.0 Å². The summed E-state index contributed by atoms with van der Waals surface area (Å²) < 4.78 is 0. The van der Waals surface area contributed by atoms with E-state index in [1.54, 1.807) is 12.1 Å². The molecule has 0 atom stereocenters. The Labute approximate surface area is 112 Å². The summed E-state index contributed by atoms with van der Waals surface area (Å²) in [7, 11) is 0. The van der Waals surface area contributed by atoms with Crippen LogP contribution >= 0.6 is 0 Å². The van der Waals surface area contributed by atoms with Crippen LogP contribution in [-0.2, 0) is 0 Å². The first-order valence-corrected chi connectivity index (χ1v) is 6.12. The Balaban J connectivity index is 2.47. The fraction of sp³-hybridized carbons (Fsp3) is 0.188. The van der Waals surface area contributed by atoms with Crippen molar-refractivity contribution in [2.45, 2.75) is 6.92 Å². The van der Waals surface area contributed by atoms with E-state index in [-0.39, 0.29) is 23.8 Å². The fourth-order valence-electron chi connectivity index (χ4n) is 2.01. The highest BCUT2D eigenvalue weighted by Gasteiger charge is 2.17. The molecule has 0 aliphatic heterocycles.